The summed E-state index contributed by atoms with van der Waals surface area (Å²) in [6.07, 6.45) is 0.684. The number of guanidine groups is 1. The van der Waals surface area contributed by atoms with Gasteiger partial charge in [0.15, 0.2) is 17.5 Å². The van der Waals surface area contributed by atoms with Crippen LogP contribution < -0.4 is 30.8 Å². The van der Waals surface area contributed by atoms with Gasteiger partial charge in [-0.05, 0) is 18.1 Å². The van der Waals surface area contributed by atoms with Crippen molar-refractivity contribution in [2.75, 3.05) is 27.9 Å². The first kappa shape index (κ1) is 14.9. The van der Waals surface area contributed by atoms with E-state index in [0.717, 1.165) is 11.3 Å². The van der Waals surface area contributed by atoms with E-state index in [9.17, 15) is 0 Å². The van der Waals surface area contributed by atoms with Gasteiger partial charge in [-0.1, -0.05) is 0 Å². The summed E-state index contributed by atoms with van der Waals surface area (Å²) in [6.45, 7) is 0.589. The number of methoxy groups -OCH3 is 3. The number of rotatable bonds is 7. The lowest BCUT2D eigenvalue weighted by Gasteiger charge is -2.14. The van der Waals surface area contributed by atoms with Crippen molar-refractivity contribution in [2.45, 2.75) is 6.42 Å². The molecule has 0 aliphatic rings. The normalized spacial score (nSPS) is 9.84. The molecule has 5 N–H and O–H groups in total. The Bertz CT molecular complexity index is 437. The molecule has 0 aliphatic carbocycles. The summed E-state index contributed by atoms with van der Waals surface area (Å²) >= 11 is 0. The van der Waals surface area contributed by atoms with Gasteiger partial charge in [-0.3, -0.25) is 10.8 Å². The number of ether oxygens (including phenoxy) is 3. The van der Waals surface area contributed by atoms with E-state index in [1.165, 1.54) is 0 Å². The summed E-state index contributed by atoms with van der Waals surface area (Å²) in [5.74, 6) is 1.87. The van der Waals surface area contributed by atoms with Crippen LogP contribution in [-0.2, 0) is 6.42 Å². The van der Waals surface area contributed by atoms with Crippen LogP contribution in [0.15, 0.2) is 12.1 Å². The summed E-state index contributed by atoms with van der Waals surface area (Å²) in [5.41, 5.74) is 11.5. The maximum absolute atomic E-state index is 7.02. The van der Waals surface area contributed by atoms with Crippen LogP contribution in [0.25, 0.3) is 0 Å². The van der Waals surface area contributed by atoms with Gasteiger partial charge in [-0.15, -0.1) is 0 Å². The molecular weight excluding hydrogens is 248 g/mol. The summed E-state index contributed by atoms with van der Waals surface area (Å²) in [5, 5.41) is 7.02. The topological polar surface area (TPSA) is 102 Å². The largest absolute Gasteiger partial charge is 0.496 e. The van der Waals surface area contributed by atoms with E-state index in [-0.39, 0.29) is 5.96 Å². The minimum atomic E-state index is -0.126. The first-order valence-corrected chi connectivity index (χ1v) is 5.74. The SMILES string of the molecule is COc1cc(OC)c(OC)cc1CCNNC(=N)N. The first-order valence-electron chi connectivity index (χ1n) is 5.74. The second kappa shape index (κ2) is 7.32. The number of hydrogen-bond acceptors (Lipinski definition) is 5. The zero-order valence-corrected chi connectivity index (χ0v) is 11.4. The van der Waals surface area contributed by atoms with E-state index < -0.39 is 0 Å². The lowest BCUT2D eigenvalue weighted by Crippen LogP contribution is -2.42. The second-order valence-electron chi connectivity index (χ2n) is 3.73. The van der Waals surface area contributed by atoms with Crippen LogP contribution in [-0.4, -0.2) is 33.8 Å². The van der Waals surface area contributed by atoms with E-state index >= 15 is 0 Å². The average molecular weight is 268 g/mol. The zero-order chi connectivity index (χ0) is 14.3. The highest BCUT2D eigenvalue weighted by Crippen LogP contribution is 2.34. The zero-order valence-electron chi connectivity index (χ0n) is 11.4. The molecule has 19 heavy (non-hydrogen) atoms. The Balaban J connectivity index is 2.77. The van der Waals surface area contributed by atoms with Crippen molar-refractivity contribution in [1.82, 2.24) is 10.9 Å². The highest BCUT2D eigenvalue weighted by molar-refractivity contribution is 5.73. The molecule has 7 nitrogen and oxygen atoms in total. The molecule has 106 valence electrons. The Hall–Kier alpha value is -2.15. The fraction of sp³-hybridized carbons (Fsp3) is 0.417. The number of nitrogens with one attached hydrogen (secondary N) is 3. The Kier molecular flexibility index (Phi) is 5.74. The Morgan fingerprint density at radius 3 is 2.21 bits per heavy atom. The molecule has 0 bridgehead atoms. The number of hydrazine groups is 1. The van der Waals surface area contributed by atoms with Gasteiger partial charge in [0.25, 0.3) is 0 Å². The lowest BCUT2D eigenvalue weighted by atomic mass is 10.1. The predicted molar refractivity (Wildman–Crippen MR) is 72.9 cm³/mol. The molecule has 1 aromatic carbocycles. The molecular formula is C12H20N4O3. The Morgan fingerprint density at radius 2 is 1.68 bits per heavy atom. The fourth-order valence-corrected chi connectivity index (χ4v) is 1.64. The van der Waals surface area contributed by atoms with E-state index in [4.69, 9.17) is 25.4 Å². The van der Waals surface area contributed by atoms with Crippen molar-refractivity contribution in [3.63, 3.8) is 0 Å². The van der Waals surface area contributed by atoms with Gasteiger partial charge >= 0.3 is 0 Å². The van der Waals surface area contributed by atoms with Crippen LogP contribution in [0.3, 0.4) is 0 Å². The maximum Gasteiger partial charge on any atom is 0.200 e. The third-order valence-corrected chi connectivity index (χ3v) is 2.53. The Labute approximate surface area is 112 Å². The number of benzene rings is 1. The summed E-state index contributed by atoms with van der Waals surface area (Å²) in [6, 6.07) is 3.65. The summed E-state index contributed by atoms with van der Waals surface area (Å²) < 4.78 is 15.8. The second-order valence-corrected chi connectivity index (χ2v) is 3.73. The molecule has 1 aromatic rings. The van der Waals surface area contributed by atoms with Crippen LogP contribution >= 0.6 is 0 Å². The quantitative estimate of drug-likeness (QED) is 0.245. The minimum Gasteiger partial charge on any atom is -0.496 e. The van der Waals surface area contributed by atoms with Crippen molar-refractivity contribution >= 4 is 5.96 Å². The molecule has 0 unspecified atom stereocenters. The lowest BCUT2D eigenvalue weighted by molar-refractivity contribution is 0.347. The van der Waals surface area contributed by atoms with Gasteiger partial charge in [0.2, 0.25) is 0 Å². The third kappa shape index (κ3) is 4.22. The van der Waals surface area contributed by atoms with Crippen LogP contribution in [0.2, 0.25) is 0 Å². The Morgan fingerprint density at radius 1 is 1.11 bits per heavy atom. The molecule has 0 amide bonds. The van der Waals surface area contributed by atoms with E-state index in [1.807, 2.05) is 6.07 Å². The van der Waals surface area contributed by atoms with Crippen molar-refractivity contribution in [1.29, 1.82) is 5.41 Å². The third-order valence-electron chi connectivity index (χ3n) is 2.53. The molecule has 0 aliphatic heterocycles. The minimum absolute atomic E-state index is 0.126. The predicted octanol–water partition coefficient (Wildman–Crippen LogP) is 0.243. The molecule has 0 saturated heterocycles. The molecule has 0 spiro atoms. The monoisotopic (exact) mass is 268 g/mol. The maximum atomic E-state index is 7.02. The van der Waals surface area contributed by atoms with E-state index in [0.29, 0.717) is 24.5 Å². The van der Waals surface area contributed by atoms with Gasteiger partial charge in [0, 0.05) is 12.6 Å². The molecule has 0 fully saturated rings. The van der Waals surface area contributed by atoms with Crippen LogP contribution in [0.1, 0.15) is 5.56 Å². The van der Waals surface area contributed by atoms with Gasteiger partial charge in [0.1, 0.15) is 5.75 Å². The standard InChI is InChI=1S/C12H20N4O3/c1-17-9-7-11(19-3)10(18-2)6-8(9)4-5-15-16-12(13)14/h6-7,15H,4-5H2,1-3H3,(H4,13,14,16). The van der Waals surface area contributed by atoms with Gasteiger partial charge in [-0.25, -0.2) is 5.43 Å². The van der Waals surface area contributed by atoms with Gasteiger partial charge < -0.3 is 19.9 Å². The highest BCUT2D eigenvalue weighted by atomic mass is 16.5. The molecule has 1 rings (SSSR count). The fourth-order valence-electron chi connectivity index (χ4n) is 1.64. The molecule has 7 heteroatoms. The van der Waals surface area contributed by atoms with Gasteiger partial charge in [0.05, 0.1) is 21.3 Å². The molecule has 0 saturated carbocycles. The molecule has 0 heterocycles. The van der Waals surface area contributed by atoms with Gasteiger partial charge in [-0.2, -0.15) is 0 Å². The first-order chi connectivity index (χ1) is 9.12. The van der Waals surface area contributed by atoms with E-state index in [2.05, 4.69) is 10.9 Å². The smallest absolute Gasteiger partial charge is 0.200 e. The number of hydrogen-bond donors (Lipinski definition) is 4. The molecule has 0 radical (unpaired) electrons. The molecule has 0 aromatic heterocycles. The molecule has 0 atom stereocenters. The van der Waals surface area contributed by atoms with Crippen molar-refractivity contribution in [3.8, 4) is 17.2 Å². The number of nitrogens with two attached hydrogens (primary N) is 1. The summed E-state index contributed by atoms with van der Waals surface area (Å²) in [4.78, 5) is 0. The van der Waals surface area contributed by atoms with Crippen molar-refractivity contribution in [3.05, 3.63) is 17.7 Å². The van der Waals surface area contributed by atoms with Crippen molar-refractivity contribution < 1.29 is 14.2 Å². The van der Waals surface area contributed by atoms with Crippen LogP contribution in [0.5, 0.6) is 17.2 Å². The van der Waals surface area contributed by atoms with Crippen molar-refractivity contribution in [2.24, 2.45) is 5.73 Å². The van der Waals surface area contributed by atoms with E-state index in [1.54, 1.807) is 27.4 Å². The summed E-state index contributed by atoms with van der Waals surface area (Å²) in [7, 11) is 4.77. The average Bonchev–Trinajstić information content (AvgIpc) is 2.42. The highest BCUT2D eigenvalue weighted by Gasteiger charge is 2.11. The van der Waals surface area contributed by atoms with Crippen LogP contribution in [0, 0.1) is 5.41 Å². The van der Waals surface area contributed by atoms with Crippen LogP contribution in [0.4, 0.5) is 0 Å².